The molecule has 3 heterocycles. The Morgan fingerprint density at radius 3 is 2.71 bits per heavy atom. The summed E-state index contributed by atoms with van der Waals surface area (Å²) in [5.41, 5.74) is 2.10. The molecule has 1 aliphatic heterocycles. The summed E-state index contributed by atoms with van der Waals surface area (Å²) >= 11 is 1.30. The SMILES string of the molecule is Cc1cc(=O)oc2cc(OCC(=O)Nc3nc4ccc(C(=O)N5CCN(C)CC5)cc4s3)ccc12. The first-order valence-corrected chi connectivity index (χ1v) is 12.0. The molecule has 0 saturated carbocycles. The molecule has 0 atom stereocenters. The van der Waals surface area contributed by atoms with Crippen LogP contribution in [0.15, 0.2) is 51.7 Å². The Balaban J connectivity index is 1.23. The van der Waals surface area contributed by atoms with Gasteiger partial charge in [-0.2, -0.15) is 0 Å². The number of rotatable bonds is 5. The Bertz CT molecular complexity index is 1490. The van der Waals surface area contributed by atoms with E-state index in [0.717, 1.165) is 28.7 Å². The first-order valence-electron chi connectivity index (χ1n) is 11.2. The van der Waals surface area contributed by atoms with Crippen LogP contribution in [0.25, 0.3) is 21.2 Å². The molecule has 1 aliphatic rings. The zero-order valence-corrected chi connectivity index (χ0v) is 20.2. The average Bonchev–Trinajstić information content (AvgIpc) is 3.23. The van der Waals surface area contributed by atoms with Crippen molar-refractivity contribution >= 4 is 49.5 Å². The molecule has 5 rings (SSSR count). The standard InChI is InChI=1S/C25H24N4O5S/c1-15-11-23(31)34-20-13-17(4-5-18(15)20)33-14-22(30)27-25-26-19-6-3-16(12-21(19)35-25)24(32)29-9-7-28(2)8-10-29/h3-6,11-13H,7-10,14H2,1-2H3,(H,26,27,30). The third-order valence-electron chi connectivity index (χ3n) is 5.96. The fourth-order valence-corrected chi connectivity index (χ4v) is 4.92. The first-order chi connectivity index (χ1) is 16.9. The van der Waals surface area contributed by atoms with E-state index in [-0.39, 0.29) is 18.4 Å². The van der Waals surface area contributed by atoms with Crippen LogP contribution >= 0.6 is 11.3 Å². The summed E-state index contributed by atoms with van der Waals surface area (Å²) < 4.78 is 11.6. The molecule has 2 aromatic heterocycles. The lowest BCUT2D eigenvalue weighted by molar-refractivity contribution is -0.118. The number of piperazine rings is 1. The van der Waals surface area contributed by atoms with Crippen LogP contribution in [0.3, 0.4) is 0 Å². The molecule has 0 bridgehead atoms. The van der Waals surface area contributed by atoms with Gasteiger partial charge in [0.2, 0.25) is 0 Å². The minimum absolute atomic E-state index is 0.00815. The van der Waals surface area contributed by atoms with Crippen LogP contribution in [-0.4, -0.2) is 66.4 Å². The molecule has 0 radical (unpaired) electrons. The van der Waals surface area contributed by atoms with E-state index in [1.807, 2.05) is 24.9 Å². The van der Waals surface area contributed by atoms with Gasteiger partial charge in [0.25, 0.3) is 11.8 Å². The second-order valence-corrected chi connectivity index (χ2v) is 9.57. The van der Waals surface area contributed by atoms with Gasteiger partial charge in [-0.3, -0.25) is 14.9 Å². The second-order valence-electron chi connectivity index (χ2n) is 8.54. The van der Waals surface area contributed by atoms with Gasteiger partial charge in [-0.25, -0.2) is 9.78 Å². The number of benzene rings is 2. The van der Waals surface area contributed by atoms with Crippen LogP contribution in [0.1, 0.15) is 15.9 Å². The molecule has 1 N–H and O–H groups in total. The van der Waals surface area contributed by atoms with E-state index >= 15 is 0 Å². The molecule has 10 heteroatoms. The maximum absolute atomic E-state index is 12.9. The van der Waals surface area contributed by atoms with Crippen molar-refractivity contribution in [1.29, 1.82) is 0 Å². The number of ether oxygens (including phenoxy) is 1. The highest BCUT2D eigenvalue weighted by atomic mass is 32.1. The number of fused-ring (bicyclic) bond motifs is 2. The highest BCUT2D eigenvalue weighted by molar-refractivity contribution is 7.22. The van der Waals surface area contributed by atoms with Crippen molar-refractivity contribution in [3.8, 4) is 5.75 Å². The molecule has 180 valence electrons. The summed E-state index contributed by atoms with van der Waals surface area (Å²) in [4.78, 5) is 45.4. The van der Waals surface area contributed by atoms with Crippen LogP contribution in [-0.2, 0) is 4.79 Å². The van der Waals surface area contributed by atoms with Gasteiger partial charge in [-0.15, -0.1) is 0 Å². The van der Waals surface area contributed by atoms with Crippen LogP contribution in [0, 0.1) is 6.92 Å². The Morgan fingerprint density at radius 2 is 1.91 bits per heavy atom. The summed E-state index contributed by atoms with van der Waals surface area (Å²) in [6, 6.07) is 11.9. The lowest BCUT2D eigenvalue weighted by atomic mass is 10.1. The maximum atomic E-state index is 12.9. The summed E-state index contributed by atoms with van der Waals surface area (Å²) in [7, 11) is 2.05. The molecule has 35 heavy (non-hydrogen) atoms. The van der Waals surface area contributed by atoms with E-state index < -0.39 is 5.63 Å². The monoisotopic (exact) mass is 492 g/mol. The van der Waals surface area contributed by atoms with E-state index in [1.165, 1.54) is 17.4 Å². The minimum Gasteiger partial charge on any atom is -0.484 e. The fourth-order valence-electron chi connectivity index (χ4n) is 4.00. The zero-order chi connectivity index (χ0) is 24.5. The molecule has 1 fully saturated rings. The predicted octanol–water partition coefficient (Wildman–Crippen LogP) is 3.12. The average molecular weight is 493 g/mol. The van der Waals surface area contributed by atoms with Crippen LogP contribution < -0.4 is 15.7 Å². The number of nitrogens with zero attached hydrogens (tertiary/aromatic N) is 3. The van der Waals surface area contributed by atoms with Gasteiger partial charge in [-0.05, 0) is 49.9 Å². The second kappa shape index (κ2) is 9.47. The van der Waals surface area contributed by atoms with Gasteiger partial charge < -0.3 is 19.0 Å². The molecule has 2 amide bonds. The Morgan fingerprint density at radius 1 is 1.11 bits per heavy atom. The van der Waals surface area contributed by atoms with Crippen LogP contribution in [0.5, 0.6) is 5.75 Å². The normalized spacial score (nSPS) is 14.4. The van der Waals surface area contributed by atoms with Gasteiger partial charge in [-0.1, -0.05) is 11.3 Å². The number of hydrogen-bond donors (Lipinski definition) is 1. The van der Waals surface area contributed by atoms with Crippen molar-refractivity contribution in [2.75, 3.05) is 45.2 Å². The van der Waals surface area contributed by atoms with Crippen molar-refractivity contribution in [1.82, 2.24) is 14.8 Å². The number of carbonyl (C=O) groups is 2. The molecular formula is C25H24N4O5S. The molecule has 2 aromatic carbocycles. The largest absolute Gasteiger partial charge is 0.484 e. The van der Waals surface area contributed by atoms with Crippen molar-refractivity contribution in [2.24, 2.45) is 0 Å². The smallest absolute Gasteiger partial charge is 0.336 e. The zero-order valence-electron chi connectivity index (χ0n) is 19.4. The maximum Gasteiger partial charge on any atom is 0.336 e. The molecule has 0 spiro atoms. The number of amides is 2. The minimum atomic E-state index is -0.436. The number of thiazole rings is 1. The molecule has 0 aliphatic carbocycles. The summed E-state index contributed by atoms with van der Waals surface area (Å²) in [5.74, 6) is 0.0511. The van der Waals surface area contributed by atoms with Crippen LogP contribution in [0.4, 0.5) is 5.13 Å². The Labute approximate surface area is 204 Å². The highest BCUT2D eigenvalue weighted by Gasteiger charge is 2.21. The number of carbonyl (C=O) groups excluding carboxylic acids is 2. The van der Waals surface area contributed by atoms with Gasteiger partial charge in [0.1, 0.15) is 11.3 Å². The fraction of sp³-hybridized carbons (Fsp3) is 0.280. The third kappa shape index (κ3) is 5.03. The molecular weight excluding hydrogens is 468 g/mol. The lowest BCUT2D eigenvalue weighted by Gasteiger charge is -2.32. The summed E-state index contributed by atoms with van der Waals surface area (Å²) in [6.07, 6.45) is 0. The summed E-state index contributed by atoms with van der Waals surface area (Å²) in [5, 5.41) is 3.98. The third-order valence-corrected chi connectivity index (χ3v) is 6.90. The van der Waals surface area contributed by atoms with Crippen molar-refractivity contribution in [3.05, 3.63) is 64.0 Å². The van der Waals surface area contributed by atoms with Crippen molar-refractivity contribution in [3.63, 3.8) is 0 Å². The number of anilines is 1. The predicted molar refractivity (Wildman–Crippen MR) is 134 cm³/mol. The number of aryl methyl sites for hydroxylation is 1. The van der Waals surface area contributed by atoms with E-state index in [9.17, 15) is 14.4 Å². The topological polar surface area (TPSA) is 105 Å². The highest BCUT2D eigenvalue weighted by Crippen LogP contribution is 2.28. The molecule has 9 nitrogen and oxygen atoms in total. The lowest BCUT2D eigenvalue weighted by Crippen LogP contribution is -2.47. The van der Waals surface area contributed by atoms with E-state index in [1.54, 1.807) is 30.3 Å². The van der Waals surface area contributed by atoms with Crippen LogP contribution in [0.2, 0.25) is 0 Å². The van der Waals surface area contributed by atoms with Gasteiger partial charge in [0.15, 0.2) is 11.7 Å². The number of nitrogens with one attached hydrogen (secondary N) is 1. The molecule has 4 aromatic rings. The van der Waals surface area contributed by atoms with Gasteiger partial charge >= 0.3 is 5.63 Å². The van der Waals surface area contributed by atoms with E-state index in [2.05, 4.69) is 15.2 Å². The van der Waals surface area contributed by atoms with E-state index in [0.29, 0.717) is 40.6 Å². The summed E-state index contributed by atoms with van der Waals surface area (Å²) in [6.45, 7) is 4.74. The van der Waals surface area contributed by atoms with Crippen molar-refractivity contribution in [2.45, 2.75) is 6.92 Å². The quantitative estimate of drug-likeness (QED) is 0.427. The molecule has 0 unspecified atom stereocenters. The first kappa shape index (κ1) is 23.0. The Kier molecular flexibility index (Phi) is 6.23. The van der Waals surface area contributed by atoms with Crippen molar-refractivity contribution < 1.29 is 18.7 Å². The van der Waals surface area contributed by atoms with E-state index in [4.69, 9.17) is 9.15 Å². The Hall–Kier alpha value is -3.76. The number of likely N-dealkylation sites (N-methyl/N-ethyl adjacent to an activating group) is 1. The number of hydrogen-bond acceptors (Lipinski definition) is 8. The van der Waals surface area contributed by atoms with Gasteiger partial charge in [0.05, 0.1) is 10.2 Å². The molecule has 1 saturated heterocycles. The number of aromatic nitrogens is 1. The van der Waals surface area contributed by atoms with Gasteiger partial charge in [0, 0.05) is 49.3 Å².